The Morgan fingerprint density at radius 2 is 1.84 bits per heavy atom. The van der Waals surface area contributed by atoms with Gasteiger partial charge in [-0.1, -0.05) is 0 Å². The highest BCUT2D eigenvalue weighted by atomic mass is 16.5. The first kappa shape index (κ1) is 13.4. The number of carbonyl (C=O) groups is 2. The van der Waals surface area contributed by atoms with Crippen LogP contribution in [0.5, 0.6) is 5.75 Å². The molecule has 2 amide bonds. The SMILES string of the molecule is CN1CC(=O)N(c2ccc(OCCN)cc2)CC1=O. The van der Waals surface area contributed by atoms with Gasteiger partial charge in [-0.15, -0.1) is 0 Å². The Hall–Kier alpha value is -2.08. The van der Waals surface area contributed by atoms with Gasteiger partial charge in [-0.3, -0.25) is 9.59 Å². The lowest BCUT2D eigenvalue weighted by Gasteiger charge is -2.31. The normalized spacial score (nSPS) is 15.9. The smallest absolute Gasteiger partial charge is 0.247 e. The van der Waals surface area contributed by atoms with Crippen molar-refractivity contribution in [2.45, 2.75) is 0 Å². The topological polar surface area (TPSA) is 75.9 Å². The zero-order valence-corrected chi connectivity index (χ0v) is 10.8. The average Bonchev–Trinajstić information content (AvgIpc) is 2.41. The molecule has 1 aliphatic heterocycles. The number of likely N-dealkylation sites (N-methyl/N-ethyl adjacent to an activating group) is 1. The van der Waals surface area contributed by atoms with Gasteiger partial charge in [0.1, 0.15) is 18.9 Å². The van der Waals surface area contributed by atoms with Gasteiger partial charge in [-0.2, -0.15) is 0 Å². The molecule has 19 heavy (non-hydrogen) atoms. The Bertz CT molecular complexity index is 473. The number of nitrogens with zero attached hydrogens (tertiary/aromatic N) is 2. The fraction of sp³-hybridized carbons (Fsp3) is 0.385. The molecule has 0 radical (unpaired) electrons. The molecule has 0 saturated carbocycles. The summed E-state index contributed by atoms with van der Waals surface area (Å²) < 4.78 is 5.36. The second-order valence-corrected chi connectivity index (χ2v) is 4.36. The highest BCUT2D eigenvalue weighted by Crippen LogP contribution is 2.21. The van der Waals surface area contributed by atoms with E-state index >= 15 is 0 Å². The van der Waals surface area contributed by atoms with Crippen LogP contribution in [0, 0.1) is 0 Å². The number of hydrogen-bond donors (Lipinski definition) is 1. The van der Waals surface area contributed by atoms with E-state index in [2.05, 4.69) is 0 Å². The van der Waals surface area contributed by atoms with Crippen LogP contribution in [0.1, 0.15) is 0 Å². The minimum absolute atomic E-state index is 0.0666. The average molecular weight is 263 g/mol. The summed E-state index contributed by atoms with van der Waals surface area (Å²) in [7, 11) is 1.63. The lowest BCUT2D eigenvalue weighted by Crippen LogP contribution is -2.52. The Labute approximate surface area is 111 Å². The fourth-order valence-electron chi connectivity index (χ4n) is 1.85. The predicted molar refractivity (Wildman–Crippen MR) is 71.0 cm³/mol. The van der Waals surface area contributed by atoms with Crippen molar-refractivity contribution in [2.24, 2.45) is 5.73 Å². The van der Waals surface area contributed by atoms with E-state index in [-0.39, 0.29) is 24.9 Å². The number of ether oxygens (including phenoxy) is 1. The number of carbonyl (C=O) groups excluding carboxylic acids is 2. The van der Waals surface area contributed by atoms with Gasteiger partial charge in [0.25, 0.3) is 0 Å². The molecule has 1 aromatic carbocycles. The molecule has 1 aliphatic rings. The van der Waals surface area contributed by atoms with Crippen molar-refractivity contribution in [1.82, 2.24) is 4.90 Å². The van der Waals surface area contributed by atoms with E-state index in [4.69, 9.17) is 10.5 Å². The third-order valence-electron chi connectivity index (χ3n) is 2.93. The maximum absolute atomic E-state index is 11.9. The summed E-state index contributed by atoms with van der Waals surface area (Å²) in [6.07, 6.45) is 0. The Kier molecular flexibility index (Phi) is 4.01. The predicted octanol–water partition coefficient (Wildman–Crippen LogP) is -0.171. The Balaban J connectivity index is 2.09. The number of piperazine rings is 1. The lowest BCUT2D eigenvalue weighted by atomic mass is 10.2. The quantitative estimate of drug-likeness (QED) is 0.818. The van der Waals surface area contributed by atoms with Crippen molar-refractivity contribution in [3.05, 3.63) is 24.3 Å². The number of hydrogen-bond acceptors (Lipinski definition) is 4. The Morgan fingerprint density at radius 1 is 1.16 bits per heavy atom. The van der Waals surface area contributed by atoms with Gasteiger partial charge in [0.15, 0.2) is 0 Å². The molecular weight excluding hydrogens is 246 g/mol. The van der Waals surface area contributed by atoms with Gasteiger partial charge in [0.05, 0.1) is 6.54 Å². The number of nitrogens with two attached hydrogens (primary N) is 1. The van der Waals surface area contributed by atoms with Crippen LogP contribution in [0.25, 0.3) is 0 Å². The molecule has 6 heteroatoms. The molecule has 1 heterocycles. The highest BCUT2D eigenvalue weighted by molar-refractivity contribution is 6.04. The second-order valence-electron chi connectivity index (χ2n) is 4.36. The number of benzene rings is 1. The van der Waals surface area contributed by atoms with Crippen LogP contribution in [0.2, 0.25) is 0 Å². The van der Waals surface area contributed by atoms with Crippen LogP contribution in [0.15, 0.2) is 24.3 Å². The summed E-state index contributed by atoms with van der Waals surface area (Å²) in [5, 5.41) is 0. The van der Waals surface area contributed by atoms with Crippen molar-refractivity contribution < 1.29 is 14.3 Å². The Morgan fingerprint density at radius 3 is 2.47 bits per heavy atom. The zero-order chi connectivity index (χ0) is 13.8. The van der Waals surface area contributed by atoms with Gasteiger partial charge in [-0.05, 0) is 24.3 Å². The molecule has 0 unspecified atom stereocenters. The maximum Gasteiger partial charge on any atom is 0.247 e. The minimum Gasteiger partial charge on any atom is -0.492 e. The van der Waals surface area contributed by atoms with Gasteiger partial charge in [0.2, 0.25) is 11.8 Å². The number of anilines is 1. The van der Waals surface area contributed by atoms with E-state index < -0.39 is 0 Å². The maximum atomic E-state index is 11.9. The number of rotatable bonds is 4. The van der Waals surface area contributed by atoms with Crippen LogP contribution in [-0.4, -0.2) is 50.0 Å². The second kappa shape index (κ2) is 5.71. The van der Waals surface area contributed by atoms with Crippen molar-refractivity contribution in [1.29, 1.82) is 0 Å². The summed E-state index contributed by atoms with van der Waals surface area (Å²) in [5.41, 5.74) is 6.05. The fourth-order valence-corrected chi connectivity index (χ4v) is 1.85. The van der Waals surface area contributed by atoms with Crippen molar-refractivity contribution >= 4 is 17.5 Å². The molecule has 0 atom stereocenters. The summed E-state index contributed by atoms with van der Waals surface area (Å²) in [4.78, 5) is 26.4. The molecule has 102 valence electrons. The summed E-state index contributed by atoms with van der Waals surface area (Å²) in [5.74, 6) is 0.544. The van der Waals surface area contributed by atoms with Gasteiger partial charge in [0, 0.05) is 19.3 Å². The molecule has 2 N–H and O–H groups in total. The lowest BCUT2D eigenvalue weighted by molar-refractivity contribution is -0.136. The monoisotopic (exact) mass is 263 g/mol. The number of amides is 2. The molecule has 1 fully saturated rings. The highest BCUT2D eigenvalue weighted by Gasteiger charge is 2.28. The van der Waals surface area contributed by atoms with E-state index in [0.29, 0.717) is 24.6 Å². The van der Waals surface area contributed by atoms with E-state index in [1.54, 1.807) is 31.3 Å². The summed E-state index contributed by atoms with van der Waals surface area (Å²) in [6.45, 7) is 1.10. The van der Waals surface area contributed by atoms with Crippen molar-refractivity contribution in [3.8, 4) is 5.75 Å². The van der Waals surface area contributed by atoms with Gasteiger partial charge < -0.3 is 20.3 Å². The molecule has 0 spiro atoms. The van der Waals surface area contributed by atoms with E-state index in [1.165, 1.54) is 9.80 Å². The molecule has 0 aromatic heterocycles. The van der Waals surface area contributed by atoms with E-state index in [1.807, 2.05) is 0 Å². The van der Waals surface area contributed by atoms with E-state index in [9.17, 15) is 9.59 Å². The third kappa shape index (κ3) is 3.03. The van der Waals surface area contributed by atoms with Crippen molar-refractivity contribution in [3.63, 3.8) is 0 Å². The first-order valence-electron chi connectivity index (χ1n) is 6.09. The van der Waals surface area contributed by atoms with E-state index in [0.717, 1.165) is 0 Å². The molecule has 0 aliphatic carbocycles. The summed E-state index contributed by atoms with van der Waals surface area (Å²) >= 11 is 0. The van der Waals surface area contributed by atoms with Crippen LogP contribution in [0.4, 0.5) is 5.69 Å². The first-order chi connectivity index (χ1) is 9.11. The first-order valence-corrected chi connectivity index (χ1v) is 6.09. The molecule has 1 aromatic rings. The molecular formula is C13H17N3O3. The van der Waals surface area contributed by atoms with Crippen LogP contribution >= 0.6 is 0 Å². The minimum atomic E-state index is -0.0854. The van der Waals surface area contributed by atoms with Crippen LogP contribution in [-0.2, 0) is 9.59 Å². The van der Waals surface area contributed by atoms with Crippen molar-refractivity contribution in [2.75, 3.05) is 38.2 Å². The molecule has 0 bridgehead atoms. The van der Waals surface area contributed by atoms with Crippen LogP contribution < -0.4 is 15.4 Å². The molecule has 2 rings (SSSR count). The standard InChI is InChI=1S/C13H17N3O3/c1-15-8-13(18)16(9-12(15)17)10-2-4-11(5-3-10)19-7-6-14/h2-5H,6-9,14H2,1H3. The van der Waals surface area contributed by atoms with Gasteiger partial charge in [-0.25, -0.2) is 0 Å². The largest absolute Gasteiger partial charge is 0.492 e. The van der Waals surface area contributed by atoms with Crippen LogP contribution in [0.3, 0.4) is 0 Å². The van der Waals surface area contributed by atoms with Gasteiger partial charge >= 0.3 is 0 Å². The zero-order valence-electron chi connectivity index (χ0n) is 10.8. The summed E-state index contributed by atoms with van der Waals surface area (Å²) in [6, 6.07) is 7.06. The molecule has 1 saturated heterocycles. The molecule has 6 nitrogen and oxygen atoms in total. The third-order valence-corrected chi connectivity index (χ3v) is 2.93.